The van der Waals surface area contributed by atoms with Crippen LogP contribution in [0.15, 0.2) is 73.4 Å². The number of rotatable bonds is 4. The average Bonchev–Trinajstić information content (AvgIpc) is 2.73. The molecule has 3 aromatic rings. The molecule has 0 unspecified atom stereocenters. The van der Waals surface area contributed by atoms with Gasteiger partial charge in [-0.05, 0) is 35.9 Å². The molecule has 0 bridgehead atoms. The number of terminal acetylenes is 1. The van der Waals surface area contributed by atoms with E-state index in [1.54, 1.807) is 6.20 Å². The Kier molecular flexibility index (Phi) is 4.84. The van der Waals surface area contributed by atoms with Crippen LogP contribution in [0.5, 0.6) is 0 Å². The Balaban J connectivity index is 1.63. The maximum atomic E-state index is 13.2. The minimum absolute atomic E-state index is 0.117. The van der Waals surface area contributed by atoms with Crippen LogP contribution in [0.3, 0.4) is 0 Å². The van der Waals surface area contributed by atoms with Crippen molar-refractivity contribution in [3.05, 3.63) is 84.6 Å². The third-order valence-corrected chi connectivity index (χ3v) is 5.23. The molecule has 1 aromatic heterocycles. The molecule has 1 aliphatic rings. The lowest BCUT2D eigenvalue weighted by atomic mass is 9.81. The van der Waals surface area contributed by atoms with Crippen LogP contribution >= 0.6 is 0 Å². The Morgan fingerprint density at radius 2 is 1.93 bits per heavy atom. The molecule has 1 N–H and O–H groups in total. The quantitative estimate of drug-likeness (QED) is 0.557. The largest absolute Gasteiger partial charge is 0.326 e. The van der Waals surface area contributed by atoms with E-state index in [2.05, 4.69) is 22.8 Å². The fourth-order valence-corrected chi connectivity index (χ4v) is 3.70. The molecule has 0 saturated carbocycles. The van der Waals surface area contributed by atoms with E-state index < -0.39 is 6.04 Å². The zero-order chi connectivity index (χ0) is 20.4. The van der Waals surface area contributed by atoms with Gasteiger partial charge in [0.25, 0.3) is 0 Å². The molecule has 0 spiro atoms. The first-order chi connectivity index (χ1) is 14.1. The summed E-state index contributed by atoms with van der Waals surface area (Å²) < 4.78 is 0. The number of pyridine rings is 1. The number of hydrogen-bond donors (Lipinski definition) is 1. The van der Waals surface area contributed by atoms with Gasteiger partial charge in [-0.1, -0.05) is 42.8 Å². The molecule has 2 atom stereocenters. The van der Waals surface area contributed by atoms with Crippen molar-refractivity contribution < 1.29 is 9.59 Å². The number of para-hydroxylation sites is 1. The minimum Gasteiger partial charge on any atom is -0.326 e. The van der Waals surface area contributed by atoms with Gasteiger partial charge in [0.1, 0.15) is 6.04 Å². The number of nitrogens with one attached hydrogen (secondary N) is 1. The predicted octanol–water partition coefficient (Wildman–Crippen LogP) is 3.34. The normalized spacial score (nSPS) is 17.8. The van der Waals surface area contributed by atoms with E-state index in [1.165, 1.54) is 11.0 Å². The molecule has 2 amide bonds. The SMILES string of the molecule is C#Cc1ccc([C@@H]2CN(C(=O)C=C)[C@@H]2C(=O)Nc2cccc3cccnc23)cc1. The predicted molar refractivity (Wildman–Crippen MR) is 113 cm³/mol. The van der Waals surface area contributed by atoms with Gasteiger partial charge < -0.3 is 10.2 Å². The number of fused-ring (bicyclic) bond motifs is 1. The van der Waals surface area contributed by atoms with E-state index >= 15 is 0 Å². The smallest absolute Gasteiger partial charge is 0.247 e. The van der Waals surface area contributed by atoms with Gasteiger partial charge in [-0.2, -0.15) is 0 Å². The van der Waals surface area contributed by atoms with Gasteiger partial charge in [-0.15, -0.1) is 6.42 Å². The lowest BCUT2D eigenvalue weighted by Crippen LogP contribution is -2.61. The number of likely N-dealkylation sites (tertiary alicyclic amines) is 1. The first-order valence-corrected chi connectivity index (χ1v) is 9.26. The lowest BCUT2D eigenvalue weighted by molar-refractivity contribution is -0.143. The number of carbonyl (C=O) groups is 2. The van der Waals surface area contributed by atoms with Crippen molar-refractivity contribution in [3.8, 4) is 12.3 Å². The van der Waals surface area contributed by atoms with Crippen LogP contribution in [-0.2, 0) is 9.59 Å². The molecular formula is C24H19N3O2. The van der Waals surface area contributed by atoms with E-state index in [0.717, 1.165) is 16.5 Å². The molecule has 1 aliphatic heterocycles. The number of amides is 2. The van der Waals surface area contributed by atoms with Crippen molar-refractivity contribution in [1.82, 2.24) is 9.88 Å². The van der Waals surface area contributed by atoms with E-state index in [1.807, 2.05) is 54.6 Å². The van der Waals surface area contributed by atoms with Crippen molar-refractivity contribution in [2.24, 2.45) is 0 Å². The average molecular weight is 381 g/mol. The van der Waals surface area contributed by atoms with Crippen molar-refractivity contribution in [2.75, 3.05) is 11.9 Å². The second-order valence-electron chi connectivity index (χ2n) is 6.88. The van der Waals surface area contributed by atoms with Gasteiger partial charge in [0.05, 0.1) is 11.2 Å². The maximum Gasteiger partial charge on any atom is 0.247 e. The van der Waals surface area contributed by atoms with Gasteiger partial charge in [0.15, 0.2) is 0 Å². The highest BCUT2D eigenvalue weighted by atomic mass is 16.2. The second kappa shape index (κ2) is 7.61. The third kappa shape index (κ3) is 3.37. The maximum absolute atomic E-state index is 13.2. The number of carbonyl (C=O) groups excluding carboxylic acids is 2. The van der Waals surface area contributed by atoms with Crippen LogP contribution in [0.4, 0.5) is 5.69 Å². The molecule has 29 heavy (non-hydrogen) atoms. The minimum atomic E-state index is -0.629. The van der Waals surface area contributed by atoms with Crippen LogP contribution in [0.2, 0.25) is 0 Å². The Labute approximate surface area is 169 Å². The Morgan fingerprint density at radius 3 is 2.66 bits per heavy atom. The van der Waals surface area contributed by atoms with Crippen LogP contribution in [0, 0.1) is 12.3 Å². The van der Waals surface area contributed by atoms with Crippen molar-refractivity contribution in [1.29, 1.82) is 0 Å². The summed E-state index contributed by atoms with van der Waals surface area (Å²) in [6, 6.07) is 16.3. The summed E-state index contributed by atoms with van der Waals surface area (Å²) >= 11 is 0. The fraction of sp³-hybridized carbons (Fsp3) is 0.125. The van der Waals surface area contributed by atoms with Crippen LogP contribution < -0.4 is 5.32 Å². The molecule has 5 heteroatoms. The monoisotopic (exact) mass is 381 g/mol. The van der Waals surface area contributed by atoms with Crippen LogP contribution in [-0.4, -0.2) is 34.3 Å². The first kappa shape index (κ1) is 18.5. The van der Waals surface area contributed by atoms with Gasteiger partial charge in [0.2, 0.25) is 11.8 Å². The summed E-state index contributed by atoms with van der Waals surface area (Å²) in [4.78, 5) is 31.3. The van der Waals surface area contributed by atoms with Crippen LogP contribution in [0.25, 0.3) is 10.9 Å². The first-order valence-electron chi connectivity index (χ1n) is 9.26. The molecular weight excluding hydrogens is 362 g/mol. The standard InChI is InChI=1S/C24H19N3O2/c1-3-16-10-12-17(13-11-16)19-15-27(21(28)4-2)23(19)24(29)26-20-9-5-7-18-8-6-14-25-22(18)20/h1,4-14,19,23H,2,15H2,(H,26,29)/t19-,23-/m0/s1. The van der Waals surface area contributed by atoms with Crippen molar-refractivity contribution in [3.63, 3.8) is 0 Å². The molecule has 0 radical (unpaired) electrons. The van der Waals surface area contributed by atoms with Gasteiger partial charge >= 0.3 is 0 Å². The number of anilines is 1. The zero-order valence-corrected chi connectivity index (χ0v) is 15.7. The summed E-state index contributed by atoms with van der Waals surface area (Å²) in [5.74, 6) is 1.95. The summed E-state index contributed by atoms with van der Waals surface area (Å²) in [7, 11) is 0. The summed E-state index contributed by atoms with van der Waals surface area (Å²) in [5, 5.41) is 3.89. The highest BCUT2D eigenvalue weighted by molar-refractivity contribution is 6.05. The molecule has 1 fully saturated rings. The second-order valence-corrected chi connectivity index (χ2v) is 6.88. The Morgan fingerprint density at radius 1 is 1.17 bits per heavy atom. The topological polar surface area (TPSA) is 62.3 Å². The lowest BCUT2D eigenvalue weighted by Gasteiger charge is -2.46. The highest BCUT2D eigenvalue weighted by Crippen LogP contribution is 2.36. The van der Waals surface area contributed by atoms with E-state index in [-0.39, 0.29) is 17.7 Å². The molecule has 1 saturated heterocycles. The molecule has 5 nitrogen and oxygen atoms in total. The number of benzene rings is 2. The molecule has 4 rings (SSSR count). The van der Waals surface area contributed by atoms with E-state index in [9.17, 15) is 9.59 Å². The Hall–Kier alpha value is -3.91. The van der Waals surface area contributed by atoms with Crippen molar-refractivity contribution >= 4 is 28.4 Å². The summed E-state index contributed by atoms with van der Waals surface area (Å²) in [5.41, 5.74) is 3.06. The summed E-state index contributed by atoms with van der Waals surface area (Å²) in [6.45, 7) is 4.00. The van der Waals surface area contributed by atoms with E-state index in [0.29, 0.717) is 17.7 Å². The number of nitrogens with zero attached hydrogens (tertiary/aromatic N) is 2. The number of hydrogen-bond acceptors (Lipinski definition) is 3. The van der Waals surface area contributed by atoms with Crippen LogP contribution in [0.1, 0.15) is 17.0 Å². The van der Waals surface area contributed by atoms with Gasteiger partial charge in [0, 0.05) is 29.6 Å². The van der Waals surface area contributed by atoms with Crippen molar-refractivity contribution in [2.45, 2.75) is 12.0 Å². The molecule has 2 aromatic carbocycles. The summed E-state index contributed by atoms with van der Waals surface area (Å²) in [6.07, 6.45) is 8.34. The Bertz CT molecular complexity index is 1140. The van der Waals surface area contributed by atoms with E-state index in [4.69, 9.17) is 6.42 Å². The van der Waals surface area contributed by atoms with Gasteiger partial charge in [-0.25, -0.2) is 0 Å². The zero-order valence-electron chi connectivity index (χ0n) is 15.7. The molecule has 142 valence electrons. The molecule has 2 heterocycles. The van der Waals surface area contributed by atoms with Gasteiger partial charge in [-0.3, -0.25) is 14.6 Å². The molecule has 0 aliphatic carbocycles. The number of aromatic nitrogens is 1. The third-order valence-electron chi connectivity index (χ3n) is 5.23. The highest BCUT2D eigenvalue weighted by Gasteiger charge is 2.46. The fourth-order valence-electron chi connectivity index (χ4n) is 3.70.